The number of rotatable bonds is 3. The Morgan fingerprint density at radius 3 is 1.82 bits per heavy atom. The number of imide groups is 1. The second-order valence-electron chi connectivity index (χ2n) is 3.86. The Morgan fingerprint density at radius 2 is 1.47 bits per heavy atom. The van der Waals surface area contributed by atoms with Crippen molar-refractivity contribution in [3.05, 3.63) is 35.4 Å². The van der Waals surface area contributed by atoms with Gasteiger partial charge in [0.15, 0.2) is 0 Å². The third-order valence-corrected chi connectivity index (χ3v) is 3.63. The molecule has 6 heteroatoms. The molecule has 0 atom stereocenters. The molecule has 0 fully saturated rings. The van der Waals surface area contributed by atoms with Gasteiger partial charge in [-0.3, -0.25) is 14.5 Å². The van der Waals surface area contributed by atoms with Crippen molar-refractivity contribution < 1.29 is 9.59 Å². The van der Waals surface area contributed by atoms with Gasteiger partial charge >= 0.3 is 0 Å². The summed E-state index contributed by atoms with van der Waals surface area (Å²) in [6.45, 7) is 0. The summed E-state index contributed by atoms with van der Waals surface area (Å²) < 4.78 is 0. The number of nitrogens with two attached hydrogens (primary N) is 1. The predicted octanol–water partition coefficient (Wildman–Crippen LogP) is 1.42. The smallest absolute Gasteiger partial charge is 0.263 e. The second-order valence-corrected chi connectivity index (χ2v) is 4.40. The average molecular weight is 273 g/mol. The minimum absolute atomic E-state index is 0.109. The van der Waals surface area contributed by atoms with Gasteiger partial charge in [0.1, 0.15) is 5.66 Å². The summed E-state index contributed by atoms with van der Waals surface area (Å²) in [5, 5.41) is 0. The SMILES string of the molecule is NC(CCl)(CCl)N1C(=O)c2ccccc2C1=O. The predicted molar refractivity (Wildman–Crippen MR) is 65.3 cm³/mol. The van der Waals surface area contributed by atoms with Crippen molar-refractivity contribution in [1.82, 2.24) is 4.90 Å². The Hall–Kier alpha value is -1.10. The third kappa shape index (κ3) is 1.73. The molecular formula is C11H10Cl2N2O2. The molecule has 0 saturated carbocycles. The molecule has 0 aliphatic carbocycles. The van der Waals surface area contributed by atoms with E-state index in [1.807, 2.05) is 0 Å². The number of carbonyl (C=O) groups is 2. The highest BCUT2D eigenvalue weighted by atomic mass is 35.5. The van der Waals surface area contributed by atoms with Crippen molar-refractivity contribution in [3.63, 3.8) is 0 Å². The van der Waals surface area contributed by atoms with Crippen LogP contribution < -0.4 is 5.73 Å². The Labute approximate surface area is 108 Å². The first-order chi connectivity index (χ1) is 8.05. The van der Waals surface area contributed by atoms with Gasteiger partial charge in [-0.15, -0.1) is 23.2 Å². The monoisotopic (exact) mass is 272 g/mol. The lowest BCUT2D eigenvalue weighted by atomic mass is 10.1. The van der Waals surface area contributed by atoms with Gasteiger partial charge in [-0.25, -0.2) is 0 Å². The lowest BCUT2D eigenvalue weighted by Gasteiger charge is -2.33. The normalized spacial score (nSPS) is 15.4. The number of hydrogen-bond donors (Lipinski definition) is 1. The molecule has 0 unspecified atom stereocenters. The minimum atomic E-state index is -1.35. The number of carbonyl (C=O) groups excluding carboxylic acids is 2. The molecule has 4 nitrogen and oxygen atoms in total. The van der Waals surface area contributed by atoms with Crippen LogP contribution in [0.15, 0.2) is 24.3 Å². The van der Waals surface area contributed by atoms with E-state index < -0.39 is 17.5 Å². The number of alkyl halides is 2. The first-order valence-corrected chi connectivity index (χ1v) is 6.01. The standard InChI is InChI=1S/C11H10Cl2N2O2/c12-5-11(14,6-13)15-9(16)7-3-1-2-4-8(7)10(15)17/h1-4H,5-6,14H2. The number of fused-ring (bicyclic) bond motifs is 1. The van der Waals surface area contributed by atoms with E-state index in [0.717, 1.165) is 4.90 Å². The van der Waals surface area contributed by atoms with E-state index in [-0.39, 0.29) is 11.8 Å². The van der Waals surface area contributed by atoms with Gasteiger partial charge in [-0.2, -0.15) is 0 Å². The second kappa shape index (κ2) is 4.29. The quantitative estimate of drug-likeness (QED) is 0.669. The molecule has 17 heavy (non-hydrogen) atoms. The van der Waals surface area contributed by atoms with Crippen molar-refractivity contribution >= 4 is 35.0 Å². The summed E-state index contributed by atoms with van der Waals surface area (Å²) in [5.41, 5.74) is 5.20. The lowest BCUT2D eigenvalue weighted by molar-refractivity contribution is 0.0500. The van der Waals surface area contributed by atoms with Crippen LogP contribution in [0.1, 0.15) is 20.7 Å². The van der Waals surface area contributed by atoms with Gasteiger partial charge in [-0.1, -0.05) is 12.1 Å². The zero-order valence-corrected chi connectivity index (χ0v) is 10.3. The summed E-state index contributed by atoms with van der Waals surface area (Å²) in [7, 11) is 0. The highest BCUT2D eigenvalue weighted by Gasteiger charge is 2.46. The van der Waals surface area contributed by atoms with Crippen LogP contribution in [0.2, 0.25) is 0 Å². The van der Waals surface area contributed by atoms with Gasteiger partial charge < -0.3 is 5.73 Å². The van der Waals surface area contributed by atoms with E-state index in [2.05, 4.69) is 0 Å². The number of benzene rings is 1. The molecule has 1 aromatic rings. The molecule has 1 aliphatic heterocycles. The molecule has 1 aromatic carbocycles. The number of hydrogen-bond acceptors (Lipinski definition) is 3. The molecule has 1 aliphatic rings. The van der Waals surface area contributed by atoms with Crippen molar-refractivity contribution in [1.29, 1.82) is 0 Å². The first-order valence-electron chi connectivity index (χ1n) is 4.94. The summed E-state index contributed by atoms with van der Waals surface area (Å²) in [4.78, 5) is 25.1. The van der Waals surface area contributed by atoms with Gasteiger partial charge in [0.05, 0.1) is 22.9 Å². The molecule has 0 bridgehead atoms. The molecule has 1 heterocycles. The van der Waals surface area contributed by atoms with E-state index in [4.69, 9.17) is 28.9 Å². The third-order valence-electron chi connectivity index (χ3n) is 2.70. The fraction of sp³-hybridized carbons (Fsp3) is 0.273. The molecule has 2 N–H and O–H groups in total. The van der Waals surface area contributed by atoms with E-state index in [1.54, 1.807) is 24.3 Å². The topological polar surface area (TPSA) is 63.4 Å². The van der Waals surface area contributed by atoms with Gasteiger partial charge in [-0.05, 0) is 12.1 Å². The number of nitrogens with zero attached hydrogens (tertiary/aromatic N) is 1. The molecule has 0 saturated heterocycles. The first kappa shape index (κ1) is 12.4. The Bertz CT molecular complexity index is 451. The molecule has 2 amide bonds. The van der Waals surface area contributed by atoms with E-state index in [1.165, 1.54) is 0 Å². The Balaban J connectivity index is 2.50. The largest absolute Gasteiger partial charge is 0.306 e. The van der Waals surface area contributed by atoms with Crippen LogP contribution in [0, 0.1) is 0 Å². The van der Waals surface area contributed by atoms with Crippen LogP contribution in [-0.4, -0.2) is 34.1 Å². The van der Waals surface area contributed by atoms with Gasteiger partial charge in [0.25, 0.3) is 11.8 Å². The van der Waals surface area contributed by atoms with Crippen LogP contribution in [0.5, 0.6) is 0 Å². The van der Waals surface area contributed by atoms with Crippen molar-refractivity contribution in [2.75, 3.05) is 11.8 Å². The van der Waals surface area contributed by atoms with Crippen LogP contribution in [0.25, 0.3) is 0 Å². The molecule has 0 spiro atoms. The fourth-order valence-electron chi connectivity index (χ4n) is 1.75. The summed E-state index contributed by atoms with van der Waals surface area (Å²) in [6, 6.07) is 6.54. The fourth-order valence-corrected chi connectivity index (χ4v) is 2.27. The van der Waals surface area contributed by atoms with Crippen molar-refractivity contribution in [3.8, 4) is 0 Å². The molecule has 0 aromatic heterocycles. The Morgan fingerprint density at radius 1 is 1.06 bits per heavy atom. The maximum atomic E-state index is 12.1. The average Bonchev–Trinajstić information content (AvgIpc) is 2.62. The molecule has 0 radical (unpaired) electrons. The minimum Gasteiger partial charge on any atom is -0.306 e. The van der Waals surface area contributed by atoms with Crippen LogP contribution >= 0.6 is 23.2 Å². The van der Waals surface area contributed by atoms with Crippen molar-refractivity contribution in [2.45, 2.75) is 5.66 Å². The maximum Gasteiger partial charge on any atom is 0.263 e. The van der Waals surface area contributed by atoms with E-state index >= 15 is 0 Å². The summed E-state index contributed by atoms with van der Waals surface area (Å²) in [5.74, 6) is -1.12. The summed E-state index contributed by atoms with van der Waals surface area (Å²) in [6.07, 6.45) is 0. The number of halogens is 2. The summed E-state index contributed by atoms with van der Waals surface area (Å²) >= 11 is 11.4. The molecule has 2 rings (SSSR count). The van der Waals surface area contributed by atoms with Crippen LogP contribution in [-0.2, 0) is 0 Å². The highest BCUT2D eigenvalue weighted by Crippen LogP contribution is 2.28. The van der Waals surface area contributed by atoms with E-state index in [9.17, 15) is 9.59 Å². The van der Waals surface area contributed by atoms with Gasteiger partial charge in [0.2, 0.25) is 0 Å². The highest BCUT2D eigenvalue weighted by molar-refractivity contribution is 6.26. The Kier molecular flexibility index (Phi) is 3.12. The molecule has 90 valence electrons. The lowest BCUT2D eigenvalue weighted by Crippen LogP contribution is -2.61. The zero-order valence-electron chi connectivity index (χ0n) is 8.82. The van der Waals surface area contributed by atoms with Gasteiger partial charge in [0, 0.05) is 0 Å². The van der Waals surface area contributed by atoms with Crippen LogP contribution in [0.4, 0.5) is 0 Å². The molecular weight excluding hydrogens is 263 g/mol. The van der Waals surface area contributed by atoms with Crippen LogP contribution in [0.3, 0.4) is 0 Å². The van der Waals surface area contributed by atoms with E-state index in [0.29, 0.717) is 11.1 Å². The zero-order chi connectivity index (χ0) is 12.6. The van der Waals surface area contributed by atoms with Crippen molar-refractivity contribution in [2.24, 2.45) is 5.73 Å². The number of amides is 2. The maximum absolute atomic E-state index is 12.1.